The lowest BCUT2D eigenvalue weighted by Crippen LogP contribution is -2.18. The van der Waals surface area contributed by atoms with E-state index in [1.54, 1.807) is 31.5 Å². The van der Waals surface area contributed by atoms with E-state index in [9.17, 15) is 8.42 Å². The van der Waals surface area contributed by atoms with Gasteiger partial charge in [0.25, 0.3) is 0 Å². The lowest BCUT2D eigenvalue weighted by Gasteiger charge is -2.08. The number of aryl methyl sites for hydroxylation is 2. The number of aromatic nitrogens is 2. The molecular weight excluding hydrogens is 200 g/mol. The molecule has 0 radical (unpaired) electrons. The summed E-state index contributed by atoms with van der Waals surface area (Å²) in [6, 6.07) is 0. The maximum Gasteiger partial charge on any atom is 0.228 e. The van der Waals surface area contributed by atoms with Crippen molar-refractivity contribution in [3.63, 3.8) is 0 Å². The fourth-order valence-electron chi connectivity index (χ4n) is 1.19. The van der Waals surface area contributed by atoms with Crippen LogP contribution in [0.25, 0.3) is 0 Å². The Bertz CT molecular complexity index is 418. The van der Waals surface area contributed by atoms with E-state index in [-0.39, 0.29) is 5.16 Å². The van der Waals surface area contributed by atoms with Crippen molar-refractivity contribution in [3.8, 4) is 0 Å². The van der Waals surface area contributed by atoms with Crippen molar-refractivity contribution in [1.82, 2.24) is 9.55 Å². The summed E-state index contributed by atoms with van der Waals surface area (Å²) in [5.41, 5.74) is 0.742. The fourth-order valence-corrected chi connectivity index (χ4v) is 2.39. The lowest BCUT2D eigenvalue weighted by molar-refractivity contribution is 0.560. The topological polar surface area (TPSA) is 52.0 Å². The highest BCUT2D eigenvalue weighted by Crippen LogP contribution is 2.15. The molecule has 0 fully saturated rings. The third kappa shape index (κ3) is 1.82. The SMILES string of the molecule is CCn1cc(C)nc1S(=O)(=O)C(C)C. The monoisotopic (exact) mass is 216 g/mol. The molecule has 0 saturated carbocycles. The zero-order chi connectivity index (χ0) is 10.9. The number of sulfone groups is 1. The summed E-state index contributed by atoms with van der Waals surface area (Å²) in [5, 5.41) is -0.234. The van der Waals surface area contributed by atoms with Crippen molar-refractivity contribution in [3.05, 3.63) is 11.9 Å². The molecule has 0 aliphatic rings. The van der Waals surface area contributed by atoms with Crippen molar-refractivity contribution in [2.45, 2.75) is 44.6 Å². The van der Waals surface area contributed by atoms with Gasteiger partial charge in [0.2, 0.25) is 15.0 Å². The third-order valence-electron chi connectivity index (χ3n) is 2.08. The van der Waals surface area contributed by atoms with Gasteiger partial charge in [0.1, 0.15) is 0 Å². The van der Waals surface area contributed by atoms with Gasteiger partial charge in [-0.05, 0) is 27.7 Å². The first kappa shape index (κ1) is 11.2. The summed E-state index contributed by atoms with van der Waals surface area (Å²) in [6.45, 7) is 7.66. The molecule has 14 heavy (non-hydrogen) atoms. The Balaban J connectivity index is 3.32. The molecule has 1 aromatic heterocycles. The van der Waals surface area contributed by atoms with Gasteiger partial charge in [0, 0.05) is 12.7 Å². The molecule has 4 nitrogen and oxygen atoms in total. The van der Waals surface area contributed by atoms with Crippen LogP contribution in [0.15, 0.2) is 11.4 Å². The van der Waals surface area contributed by atoms with Gasteiger partial charge in [0.15, 0.2) is 0 Å². The summed E-state index contributed by atoms with van der Waals surface area (Å²) in [6.07, 6.45) is 1.76. The van der Waals surface area contributed by atoms with Gasteiger partial charge in [-0.1, -0.05) is 0 Å². The molecule has 0 aliphatic carbocycles. The first-order valence-corrected chi connectivity index (χ1v) is 6.22. The zero-order valence-electron chi connectivity index (χ0n) is 8.98. The summed E-state index contributed by atoms with van der Waals surface area (Å²) < 4.78 is 25.4. The number of hydrogen-bond acceptors (Lipinski definition) is 3. The van der Waals surface area contributed by atoms with Gasteiger partial charge in [-0.2, -0.15) is 0 Å². The molecule has 1 rings (SSSR count). The van der Waals surface area contributed by atoms with Crippen LogP contribution < -0.4 is 0 Å². The van der Waals surface area contributed by atoms with Gasteiger partial charge >= 0.3 is 0 Å². The van der Waals surface area contributed by atoms with E-state index in [0.29, 0.717) is 6.54 Å². The molecule has 0 aromatic carbocycles. The predicted molar refractivity (Wildman–Crippen MR) is 55.0 cm³/mol. The van der Waals surface area contributed by atoms with Gasteiger partial charge in [-0.25, -0.2) is 13.4 Å². The van der Waals surface area contributed by atoms with E-state index >= 15 is 0 Å². The Hall–Kier alpha value is -0.840. The fraction of sp³-hybridized carbons (Fsp3) is 0.667. The van der Waals surface area contributed by atoms with Crippen LogP contribution in [0.1, 0.15) is 26.5 Å². The lowest BCUT2D eigenvalue weighted by atomic mass is 10.6. The Morgan fingerprint density at radius 2 is 2.07 bits per heavy atom. The van der Waals surface area contributed by atoms with Crippen LogP contribution in [0.3, 0.4) is 0 Å². The second-order valence-corrected chi connectivity index (χ2v) is 5.94. The van der Waals surface area contributed by atoms with Crippen molar-refractivity contribution < 1.29 is 8.42 Å². The predicted octanol–water partition coefficient (Wildman–Crippen LogP) is 1.39. The number of imidazole rings is 1. The average Bonchev–Trinajstić information content (AvgIpc) is 2.46. The highest BCUT2D eigenvalue weighted by molar-refractivity contribution is 7.91. The average molecular weight is 216 g/mol. The second kappa shape index (κ2) is 3.73. The summed E-state index contributed by atoms with van der Waals surface area (Å²) in [5.74, 6) is 0. The van der Waals surface area contributed by atoms with Gasteiger partial charge in [-0.15, -0.1) is 0 Å². The third-order valence-corrected chi connectivity index (χ3v) is 4.15. The van der Waals surface area contributed by atoms with Crippen LogP contribution in [-0.4, -0.2) is 23.2 Å². The smallest absolute Gasteiger partial charge is 0.228 e. The molecule has 80 valence electrons. The van der Waals surface area contributed by atoms with E-state index in [0.717, 1.165) is 5.69 Å². The Morgan fingerprint density at radius 1 is 1.50 bits per heavy atom. The van der Waals surface area contributed by atoms with Crippen LogP contribution in [-0.2, 0) is 16.4 Å². The van der Waals surface area contributed by atoms with Crippen molar-refractivity contribution in [1.29, 1.82) is 0 Å². The second-order valence-electron chi connectivity index (χ2n) is 3.54. The molecule has 1 aromatic rings. The molecule has 0 atom stereocenters. The van der Waals surface area contributed by atoms with E-state index in [4.69, 9.17) is 0 Å². The Morgan fingerprint density at radius 3 is 2.50 bits per heavy atom. The van der Waals surface area contributed by atoms with Crippen molar-refractivity contribution in [2.24, 2.45) is 0 Å². The summed E-state index contributed by atoms with van der Waals surface area (Å²) in [7, 11) is -3.25. The molecule has 1 heterocycles. The minimum atomic E-state index is -3.25. The van der Waals surface area contributed by atoms with Crippen LogP contribution >= 0.6 is 0 Å². The molecule has 0 bridgehead atoms. The zero-order valence-corrected chi connectivity index (χ0v) is 9.80. The van der Waals surface area contributed by atoms with Crippen LogP contribution in [0.4, 0.5) is 0 Å². The van der Waals surface area contributed by atoms with Crippen molar-refractivity contribution >= 4 is 9.84 Å². The molecule has 5 heteroatoms. The molecule has 0 N–H and O–H groups in total. The molecule has 0 aliphatic heterocycles. The number of hydrogen-bond donors (Lipinski definition) is 0. The molecule has 0 amide bonds. The molecule has 0 unspecified atom stereocenters. The quantitative estimate of drug-likeness (QED) is 0.767. The van der Waals surface area contributed by atoms with E-state index in [1.165, 1.54) is 0 Å². The largest absolute Gasteiger partial charge is 0.322 e. The summed E-state index contributed by atoms with van der Waals surface area (Å²) in [4.78, 5) is 4.05. The van der Waals surface area contributed by atoms with Crippen LogP contribution in [0.5, 0.6) is 0 Å². The Kier molecular flexibility index (Phi) is 2.99. The standard InChI is InChI=1S/C9H16N2O2S/c1-5-11-6-8(4)10-9(11)14(12,13)7(2)3/h6-7H,5H2,1-4H3. The van der Waals surface area contributed by atoms with Crippen LogP contribution in [0, 0.1) is 6.92 Å². The minimum Gasteiger partial charge on any atom is -0.322 e. The maximum absolute atomic E-state index is 11.8. The number of nitrogens with zero attached hydrogens (tertiary/aromatic N) is 2. The van der Waals surface area contributed by atoms with Crippen LogP contribution in [0.2, 0.25) is 0 Å². The first-order chi connectivity index (χ1) is 6.39. The first-order valence-electron chi connectivity index (χ1n) is 4.67. The number of rotatable bonds is 3. The van der Waals surface area contributed by atoms with E-state index in [2.05, 4.69) is 4.98 Å². The van der Waals surface area contributed by atoms with Gasteiger partial charge < -0.3 is 4.57 Å². The highest BCUT2D eigenvalue weighted by atomic mass is 32.2. The molecule has 0 saturated heterocycles. The normalized spacial score (nSPS) is 12.4. The highest BCUT2D eigenvalue weighted by Gasteiger charge is 2.24. The maximum atomic E-state index is 11.8. The van der Waals surface area contributed by atoms with E-state index in [1.807, 2.05) is 6.92 Å². The molecule has 0 spiro atoms. The van der Waals surface area contributed by atoms with Crippen molar-refractivity contribution in [2.75, 3.05) is 0 Å². The van der Waals surface area contributed by atoms with E-state index < -0.39 is 15.1 Å². The summed E-state index contributed by atoms with van der Waals surface area (Å²) >= 11 is 0. The van der Waals surface area contributed by atoms with Gasteiger partial charge in [-0.3, -0.25) is 0 Å². The molecular formula is C9H16N2O2S. The Labute approximate surface area is 84.9 Å². The van der Waals surface area contributed by atoms with Gasteiger partial charge in [0.05, 0.1) is 10.9 Å². The minimum absolute atomic E-state index is 0.188.